The Bertz CT molecular complexity index is 1590. The van der Waals surface area contributed by atoms with Crippen LogP contribution in [0.2, 0.25) is 0 Å². The van der Waals surface area contributed by atoms with Crippen molar-refractivity contribution >= 4 is 16.9 Å². The first-order valence-corrected chi connectivity index (χ1v) is 12.1. The number of carbonyl (C=O) groups excluding carboxylic acids is 1. The van der Waals surface area contributed by atoms with Gasteiger partial charge in [0.1, 0.15) is 11.1 Å². The minimum absolute atomic E-state index is 0.0649. The number of aromatic nitrogens is 1. The van der Waals surface area contributed by atoms with Crippen molar-refractivity contribution in [2.24, 2.45) is 0 Å². The molecule has 1 aliphatic carbocycles. The van der Waals surface area contributed by atoms with Gasteiger partial charge in [-0.05, 0) is 84.5 Å². The SMILES string of the molecule is Cc1cc(-c2ccc3oc(=O)c(C(=O)N4CCC5(CCc6ccccc65)CC4)cc3c2)c[nH]c1=O. The van der Waals surface area contributed by atoms with Gasteiger partial charge >= 0.3 is 5.63 Å². The van der Waals surface area contributed by atoms with Crippen LogP contribution in [0.3, 0.4) is 0 Å². The average Bonchev–Trinajstić information content (AvgIpc) is 3.23. The summed E-state index contributed by atoms with van der Waals surface area (Å²) in [5.41, 5.74) is 5.09. The monoisotopic (exact) mass is 466 g/mol. The summed E-state index contributed by atoms with van der Waals surface area (Å²) < 4.78 is 5.52. The number of pyridine rings is 1. The van der Waals surface area contributed by atoms with Crippen molar-refractivity contribution in [2.45, 2.75) is 38.0 Å². The average molecular weight is 467 g/mol. The fraction of sp³-hybridized carbons (Fsp3) is 0.276. The Labute approximate surface area is 202 Å². The molecule has 1 amide bonds. The number of nitrogens with one attached hydrogen (secondary N) is 1. The molecule has 1 N–H and O–H groups in total. The minimum atomic E-state index is -0.610. The highest BCUT2D eigenvalue weighted by Crippen LogP contribution is 2.46. The summed E-state index contributed by atoms with van der Waals surface area (Å²) in [5, 5.41) is 0.674. The largest absolute Gasteiger partial charge is 0.422 e. The van der Waals surface area contributed by atoms with Crippen LogP contribution in [-0.4, -0.2) is 28.9 Å². The van der Waals surface area contributed by atoms with Gasteiger partial charge in [0.2, 0.25) is 0 Å². The van der Waals surface area contributed by atoms with Gasteiger partial charge in [-0.2, -0.15) is 0 Å². The molecule has 0 atom stereocenters. The normalized spacial score (nSPS) is 16.5. The number of fused-ring (bicyclic) bond motifs is 3. The molecule has 35 heavy (non-hydrogen) atoms. The van der Waals surface area contributed by atoms with Crippen LogP contribution in [0, 0.1) is 6.92 Å². The molecule has 0 saturated carbocycles. The highest BCUT2D eigenvalue weighted by atomic mass is 16.4. The summed E-state index contributed by atoms with van der Waals surface area (Å²) in [6, 6.07) is 17.5. The molecular formula is C29H26N2O4. The summed E-state index contributed by atoms with van der Waals surface area (Å²) in [6.07, 6.45) is 5.69. The predicted molar refractivity (Wildman–Crippen MR) is 135 cm³/mol. The maximum Gasteiger partial charge on any atom is 0.349 e. The van der Waals surface area contributed by atoms with Crippen molar-refractivity contribution in [3.05, 3.63) is 104 Å². The number of H-pyrrole nitrogens is 1. The van der Waals surface area contributed by atoms with E-state index in [4.69, 9.17) is 4.42 Å². The Morgan fingerprint density at radius 1 is 0.971 bits per heavy atom. The first kappa shape index (κ1) is 21.6. The smallest absolute Gasteiger partial charge is 0.349 e. The lowest BCUT2D eigenvalue weighted by Crippen LogP contribution is -2.45. The number of likely N-dealkylation sites (tertiary alicyclic amines) is 1. The lowest BCUT2D eigenvalue weighted by Gasteiger charge is -2.40. The molecule has 1 saturated heterocycles. The van der Waals surface area contributed by atoms with Crippen LogP contribution in [0.15, 0.2) is 74.8 Å². The van der Waals surface area contributed by atoms with Crippen molar-refractivity contribution in [3.63, 3.8) is 0 Å². The van der Waals surface area contributed by atoms with Crippen molar-refractivity contribution in [2.75, 3.05) is 13.1 Å². The van der Waals surface area contributed by atoms with Gasteiger partial charge in [0.25, 0.3) is 11.5 Å². The minimum Gasteiger partial charge on any atom is -0.422 e. The number of nitrogens with zero attached hydrogens (tertiary/aromatic N) is 1. The van der Waals surface area contributed by atoms with E-state index in [0.29, 0.717) is 29.6 Å². The van der Waals surface area contributed by atoms with Crippen LogP contribution in [0.4, 0.5) is 0 Å². The first-order chi connectivity index (χ1) is 16.9. The van der Waals surface area contributed by atoms with E-state index in [9.17, 15) is 14.4 Å². The van der Waals surface area contributed by atoms with E-state index in [1.807, 2.05) is 18.2 Å². The summed E-state index contributed by atoms with van der Waals surface area (Å²) in [6.45, 7) is 3.01. The van der Waals surface area contributed by atoms with Gasteiger partial charge < -0.3 is 14.3 Å². The van der Waals surface area contributed by atoms with E-state index in [1.54, 1.807) is 30.2 Å². The van der Waals surface area contributed by atoms with Gasteiger partial charge in [-0.15, -0.1) is 0 Å². The fourth-order valence-corrected chi connectivity index (χ4v) is 5.81. The van der Waals surface area contributed by atoms with Gasteiger partial charge in [-0.3, -0.25) is 9.59 Å². The number of hydrogen-bond acceptors (Lipinski definition) is 4. The fourth-order valence-electron chi connectivity index (χ4n) is 5.81. The molecule has 1 aliphatic heterocycles. The molecule has 2 aliphatic rings. The molecule has 6 nitrogen and oxygen atoms in total. The topological polar surface area (TPSA) is 83.4 Å². The molecule has 1 fully saturated rings. The molecule has 2 aromatic carbocycles. The van der Waals surface area contributed by atoms with Crippen LogP contribution in [0.5, 0.6) is 0 Å². The second kappa shape index (κ2) is 8.08. The zero-order valence-electron chi connectivity index (χ0n) is 19.6. The van der Waals surface area contributed by atoms with Crippen molar-refractivity contribution < 1.29 is 9.21 Å². The van der Waals surface area contributed by atoms with Crippen molar-refractivity contribution in [1.29, 1.82) is 0 Å². The predicted octanol–water partition coefficient (Wildman–Crippen LogP) is 4.58. The first-order valence-electron chi connectivity index (χ1n) is 12.1. The Morgan fingerprint density at radius 2 is 1.77 bits per heavy atom. The maximum atomic E-state index is 13.4. The Kier molecular flexibility index (Phi) is 4.99. The number of piperidine rings is 1. The number of aromatic amines is 1. The summed E-state index contributed by atoms with van der Waals surface area (Å²) in [4.78, 5) is 42.3. The lowest BCUT2D eigenvalue weighted by molar-refractivity contribution is 0.0662. The molecule has 0 radical (unpaired) electrons. The van der Waals surface area contributed by atoms with Crippen LogP contribution in [0.1, 0.15) is 46.3 Å². The van der Waals surface area contributed by atoms with Crippen LogP contribution < -0.4 is 11.2 Å². The zero-order valence-corrected chi connectivity index (χ0v) is 19.6. The van der Waals surface area contributed by atoms with Crippen LogP contribution in [-0.2, 0) is 11.8 Å². The maximum absolute atomic E-state index is 13.4. The molecular weight excluding hydrogens is 440 g/mol. The third-order valence-corrected chi connectivity index (χ3v) is 7.85. The second-order valence-electron chi connectivity index (χ2n) is 9.83. The zero-order chi connectivity index (χ0) is 24.2. The van der Waals surface area contributed by atoms with E-state index in [0.717, 1.165) is 36.8 Å². The molecule has 0 bridgehead atoms. The highest BCUT2D eigenvalue weighted by Gasteiger charge is 2.42. The number of hydrogen-bond donors (Lipinski definition) is 1. The molecule has 6 heteroatoms. The summed E-state index contributed by atoms with van der Waals surface area (Å²) >= 11 is 0. The molecule has 4 aromatic rings. The number of aryl methyl sites for hydroxylation is 2. The quantitative estimate of drug-likeness (QED) is 0.439. The molecule has 3 heterocycles. The standard InChI is InChI=1S/C29H26N2O4/c1-18-14-22(17-30-26(18)32)20-6-7-25-21(15-20)16-23(28(34)35-25)27(33)31-12-10-29(11-13-31)9-8-19-4-2-3-5-24(19)29/h2-7,14-17H,8-13H2,1H3,(H,30,32). The van der Waals surface area contributed by atoms with E-state index in [-0.39, 0.29) is 22.4 Å². The van der Waals surface area contributed by atoms with Crippen LogP contribution in [0.25, 0.3) is 22.1 Å². The van der Waals surface area contributed by atoms with Gasteiger partial charge in [0.05, 0.1) is 0 Å². The lowest BCUT2D eigenvalue weighted by atomic mass is 9.74. The Hall–Kier alpha value is -3.93. The van der Waals surface area contributed by atoms with Gasteiger partial charge in [0.15, 0.2) is 0 Å². The van der Waals surface area contributed by atoms with E-state index in [1.165, 1.54) is 11.1 Å². The van der Waals surface area contributed by atoms with E-state index >= 15 is 0 Å². The summed E-state index contributed by atoms with van der Waals surface area (Å²) in [7, 11) is 0. The molecule has 0 unspecified atom stereocenters. The van der Waals surface area contributed by atoms with Gasteiger partial charge in [-0.25, -0.2) is 4.79 Å². The number of carbonyl (C=O) groups is 1. The number of benzene rings is 2. The van der Waals surface area contributed by atoms with Gasteiger partial charge in [0, 0.05) is 30.2 Å². The summed E-state index contributed by atoms with van der Waals surface area (Å²) in [5.74, 6) is -0.271. The van der Waals surface area contributed by atoms with Crippen LogP contribution >= 0.6 is 0 Å². The number of rotatable bonds is 2. The number of amides is 1. The Morgan fingerprint density at radius 3 is 2.57 bits per heavy atom. The van der Waals surface area contributed by atoms with E-state index in [2.05, 4.69) is 29.2 Å². The molecule has 6 rings (SSSR count). The van der Waals surface area contributed by atoms with Crippen molar-refractivity contribution in [3.8, 4) is 11.1 Å². The Balaban J connectivity index is 1.28. The highest BCUT2D eigenvalue weighted by molar-refractivity contribution is 5.97. The second-order valence-corrected chi connectivity index (χ2v) is 9.83. The molecule has 176 valence electrons. The third kappa shape index (κ3) is 3.60. The van der Waals surface area contributed by atoms with Crippen molar-refractivity contribution in [1.82, 2.24) is 9.88 Å². The third-order valence-electron chi connectivity index (χ3n) is 7.85. The molecule has 1 spiro atoms. The van der Waals surface area contributed by atoms with E-state index < -0.39 is 5.63 Å². The van der Waals surface area contributed by atoms with Gasteiger partial charge in [-0.1, -0.05) is 30.3 Å². The molecule has 2 aromatic heterocycles.